The smallest absolute Gasteiger partial charge is 0.161 e. The minimum absolute atomic E-state index is 0.0844. The van der Waals surface area contributed by atoms with Crippen LogP contribution in [0, 0.1) is 17.2 Å². The summed E-state index contributed by atoms with van der Waals surface area (Å²) in [7, 11) is 6.59. The highest BCUT2D eigenvalue weighted by molar-refractivity contribution is 5.47. The van der Waals surface area contributed by atoms with Gasteiger partial charge in [0.1, 0.15) is 0 Å². The molecule has 0 fully saturated rings. The molecule has 0 amide bonds. The lowest BCUT2D eigenvalue weighted by atomic mass is 9.69. The summed E-state index contributed by atoms with van der Waals surface area (Å²) in [5, 5.41) is 10.7. The van der Waals surface area contributed by atoms with Crippen LogP contribution in [0.4, 0.5) is 0 Å². The first-order valence-electron chi connectivity index (χ1n) is 16.1. The molecule has 0 saturated heterocycles. The Bertz CT molecular complexity index is 1360. The van der Waals surface area contributed by atoms with Crippen molar-refractivity contribution in [3.8, 4) is 29.1 Å². The lowest BCUT2D eigenvalue weighted by molar-refractivity contribution is 0.292. The number of rotatable bonds is 13. The molecule has 0 aliphatic rings. The van der Waals surface area contributed by atoms with Crippen molar-refractivity contribution in [2.45, 2.75) is 38.3 Å². The maximum atomic E-state index is 10.7. The van der Waals surface area contributed by atoms with Crippen LogP contribution in [0.5, 0.6) is 23.0 Å². The van der Waals surface area contributed by atoms with Crippen LogP contribution < -0.4 is 18.9 Å². The van der Waals surface area contributed by atoms with Crippen LogP contribution in [0.1, 0.15) is 54.0 Å². The number of benzene rings is 2. The van der Waals surface area contributed by atoms with Crippen molar-refractivity contribution in [3.63, 3.8) is 0 Å². The van der Waals surface area contributed by atoms with Gasteiger partial charge in [-0.1, -0.05) is 25.8 Å². The second-order valence-corrected chi connectivity index (χ2v) is 7.15. The Morgan fingerprint density at radius 2 is 1.58 bits per heavy atom. The number of likely N-dealkylation sites (N-methyl/N-ethyl adjacent to an activating group) is 1. The van der Waals surface area contributed by atoms with E-state index in [0.717, 1.165) is 17.0 Å². The zero-order valence-corrected chi connectivity index (χ0v) is 19.5. The first-order valence-corrected chi connectivity index (χ1v) is 10.1. The molecule has 0 aromatic heterocycles. The van der Waals surface area contributed by atoms with Gasteiger partial charge in [0.15, 0.2) is 23.0 Å². The van der Waals surface area contributed by atoms with E-state index in [1.54, 1.807) is 18.2 Å². The van der Waals surface area contributed by atoms with Crippen molar-refractivity contribution in [2.75, 3.05) is 48.5 Å². The highest BCUT2D eigenvalue weighted by Gasteiger charge is 2.36. The molecule has 2 aromatic carbocycles. The molecule has 2 rings (SSSR count). The lowest BCUT2D eigenvalue weighted by Gasteiger charge is -2.32. The number of nitrogens with zero attached hydrogens (tertiary/aromatic N) is 2. The summed E-state index contributed by atoms with van der Waals surface area (Å²) in [6, 6.07) is 9.76. The van der Waals surface area contributed by atoms with E-state index in [1.807, 2.05) is 0 Å². The van der Waals surface area contributed by atoms with Crippen LogP contribution in [0.3, 0.4) is 0 Å². The number of hydrogen-bond acceptors (Lipinski definition) is 6. The van der Waals surface area contributed by atoms with Crippen LogP contribution in [0.25, 0.3) is 0 Å². The number of hydrogen-bond donors (Lipinski definition) is 0. The molecule has 6 heteroatoms. The van der Waals surface area contributed by atoms with Gasteiger partial charge in [-0.05, 0) is 74.0 Å². The molecular formula is C27H38N2O4. The monoisotopic (exact) mass is 466 g/mol. The molecule has 6 nitrogen and oxygen atoms in total. The van der Waals surface area contributed by atoms with Gasteiger partial charge in [-0.15, -0.1) is 0 Å². The second-order valence-electron chi connectivity index (χ2n) is 7.15. The van der Waals surface area contributed by atoms with Crippen molar-refractivity contribution >= 4 is 0 Å². The predicted octanol–water partition coefficient (Wildman–Crippen LogP) is 5.09. The molecule has 0 aliphatic heterocycles. The molecule has 33 heavy (non-hydrogen) atoms. The molecule has 0 bridgehead atoms. The Labute approximate surface area is 215 Å². The summed E-state index contributed by atoms with van der Waals surface area (Å²) < 4.78 is 123. The highest BCUT2D eigenvalue weighted by Crippen LogP contribution is 2.40. The van der Waals surface area contributed by atoms with E-state index in [1.165, 1.54) is 47.6 Å². The van der Waals surface area contributed by atoms with Gasteiger partial charge in [-0.3, -0.25) is 0 Å². The molecule has 0 N–H and O–H groups in total. The van der Waals surface area contributed by atoms with Gasteiger partial charge in [0.05, 0.1) is 39.9 Å². The van der Waals surface area contributed by atoms with E-state index in [-0.39, 0.29) is 24.5 Å². The van der Waals surface area contributed by atoms with E-state index in [2.05, 4.69) is 0 Å². The van der Waals surface area contributed by atoms with Gasteiger partial charge >= 0.3 is 0 Å². The minimum Gasteiger partial charge on any atom is -0.493 e. The van der Waals surface area contributed by atoms with Crippen molar-refractivity contribution in [1.82, 2.24) is 4.90 Å². The maximum Gasteiger partial charge on any atom is 0.161 e. The van der Waals surface area contributed by atoms with Gasteiger partial charge in [-0.25, -0.2) is 0 Å². The van der Waals surface area contributed by atoms with Crippen molar-refractivity contribution < 1.29 is 35.4 Å². The first-order chi connectivity index (χ1) is 20.5. The molecular weight excluding hydrogens is 416 g/mol. The van der Waals surface area contributed by atoms with E-state index >= 15 is 0 Å². The van der Waals surface area contributed by atoms with E-state index in [0.29, 0.717) is 17.1 Å². The molecule has 0 spiro atoms. The Balaban J connectivity index is 2.79. The summed E-state index contributed by atoms with van der Waals surface area (Å²) in [6.45, 7) is -10.5. The highest BCUT2D eigenvalue weighted by atomic mass is 16.5. The summed E-state index contributed by atoms with van der Waals surface area (Å²) >= 11 is 0. The third-order valence-electron chi connectivity index (χ3n) is 5.14. The summed E-state index contributed by atoms with van der Waals surface area (Å²) in [5.74, 6) is -1.98. The molecule has 0 saturated carbocycles. The standard InChI is InChI=1S/C27H38N2O4/c1-20(2)27(19-28,22-10-12-24(31-5)26(18-22)33-7)14-8-15-29(3)16-13-21-9-11-23(30-4)25(17-21)32-6/h9-12,17-18,20H,8,13-16H2,1-7H3/i1D3,2D3,8D2,14D2,15D2. The summed E-state index contributed by atoms with van der Waals surface area (Å²) in [4.78, 5) is 0.887. The fraction of sp³-hybridized carbons (Fsp3) is 0.519. The largest absolute Gasteiger partial charge is 0.493 e. The molecule has 0 aliphatic carbocycles. The number of methoxy groups -OCH3 is 4. The normalized spacial score (nSPS) is 20.3. The fourth-order valence-corrected chi connectivity index (χ4v) is 3.16. The average molecular weight is 467 g/mol. The van der Waals surface area contributed by atoms with Crippen LogP contribution in [0.15, 0.2) is 36.4 Å². The molecule has 180 valence electrons. The van der Waals surface area contributed by atoms with Crippen LogP contribution in [-0.4, -0.2) is 53.4 Å². The van der Waals surface area contributed by atoms with Crippen LogP contribution in [0.2, 0.25) is 0 Å². The van der Waals surface area contributed by atoms with Crippen molar-refractivity contribution in [2.24, 2.45) is 5.92 Å². The maximum absolute atomic E-state index is 10.7. The molecule has 1 unspecified atom stereocenters. The third kappa shape index (κ3) is 6.33. The SMILES string of the molecule is [2H]C([2H])([2H])C(C([2H])([2H])[2H])C(C#N)(c1ccc(OC)c(OC)c1)C([2H])([2H])C([2H])([2H])C([2H])([2H])N(C)CCc1ccc(OC)c(OC)c1. The Hall–Kier alpha value is -2.91. The van der Waals surface area contributed by atoms with Gasteiger partial charge < -0.3 is 23.8 Å². The third-order valence-corrected chi connectivity index (χ3v) is 5.14. The lowest BCUT2D eigenvalue weighted by Crippen LogP contribution is -2.32. The number of nitriles is 1. The van der Waals surface area contributed by atoms with E-state index < -0.39 is 49.8 Å². The predicted molar refractivity (Wildman–Crippen MR) is 132 cm³/mol. The first kappa shape index (κ1) is 13.7. The molecule has 0 heterocycles. The second kappa shape index (κ2) is 12.4. The van der Waals surface area contributed by atoms with Gasteiger partial charge in [0.2, 0.25) is 0 Å². The Kier molecular flexibility index (Phi) is 5.14. The minimum atomic E-state index is -3.80. The fourth-order valence-electron chi connectivity index (χ4n) is 3.16. The Morgan fingerprint density at radius 3 is 2.15 bits per heavy atom. The number of ether oxygens (including phenoxy) is 4. The molecule has 1 atom stereocenters. The quantitative estimate of drug-likeness (QED) is 0.410. The zero-order valence-electron chi connectivity index (χ0n) is 31.5. The molecule has 2 aromatic rings. The molecule has 0 radical (unpaired) electrons. The topological polar surface area (TPSA) is 64.0 Å². The summed E-state index contributed by atoms with van der Waals surface area (Å²) in [6.07, 6.45) is -7.37. The van der Waals surface area contributed by atoms with Crippen molar-refractivity contribution in [3.05, 3.63) is 47.5 Å². The van der Waals surface area contributed by atoms with Crippen LogP contribution in [-0.2, 0) is 11.8 Å². The van der Waals surface area contributed by atoms with Crippen molar-refractivity contribution in [1.29, 1.82) is 5.26 Å². The average Bonchev–Trinajstić information content (AvgIpc) is 2.96. The van der Waals surface area contributed by atoms with Gasteiger partial charge in [-0.2, -0.15) is 5.26 Å². The van der Waals surface area contributed by atoms with E-state index in [9.17, 15) is 5.26 Å². The summed E-state index contributed by atoms with van der Waals surface area (Å²) in [5.41, 5.74) is -3.21. The zero-order chi connectivity index (χ0) is 34.8. The van der Waals surface area contributed by atoms with Gasteiger partial charge in [0.25, 0.3) is 0 Å². The Morgan fingerprint density at radius 1 is 0.970 bits per heavy atom. The van der Waals surface area contributed by atoms with E-state index in [4.69, 9.17) is 35.4 Å². The van der Waals surface area contributed by atoms with Crippen LogP contribution >= 0.6 is 0 Å². The van der Waals surface area contributed by atoms with Gasteiger partial charge in [0, 0.05) is 23.0 Å².